The predicted octanol–water partition coefficient (Wildman–Crippen LogP) is 5.13. The summed E-state index contributed by atoms with van der Waals surface area (Å²) in [6, 6.07) is 7.37. The third-order valence-corrected chi connectivity index (χ3v) is 4.55. The normalized spacial score (nSPS) is 20.5. The zero-order valence-electron chi connectivity index (χ0n) is 13.2. The first-order valence-corrected chi connectivity index (χ1v) is 8.62. The van der Waals surface area contributed by atoms with E-state index in [1.807, 2.05) is 0 Å². The number of nitrogens with zero attached hydrogens (tertiary/aromatic N) is 2. The minimum Gasteiger partial charge on any atom is -0.378 e. The highest BCUT2D eigenvalue weighted by Gasteiger charge is 2.28. The first kappa shape index (κ1) is 17.6. The van der Waals surface area contributed by atoms with Crippen LogP contribution < -0.4 is 5.73 Å². The molecule has 0 radical (unpaired) electrons. The molecular formula is C18H14ClF2N3S. The molecule has 2 heterocycles. The van der Waals surface area contributed by atoms with Gasteiger partial charge in [0.2, 0.25) is 0 Å². The number of nitrogens with two attached hydrogens (primary N) is 1. The number of hydrogen-bond acceptors (Lipinski definition) is 4. The summed E-state index contributed by atoms with van der Waals surface area (Å²) in [4.78, 5) is 8.25. The third-order valence-electron chi connectivity index (χ3n) is 3.72. The highest BCUT2D eigenvalue weighted by Crippen LogP contribution is 2.35. The Labute approximate surface area is 153 Å². The van der Waals surface area contributed by atoms with E-state index in [-0.39, 0.29) is 5.69 Å². The molecule has 0 bridgehead atoms. The number of amidine groups is 1. The number of rotatable bonds is 3. The lowest BCUT2D eigenvalue weighted by Gasteiger charge is -2.25. The Balaban J connectivity index is 1.99. The summed E-state index contributed by atoms with van der Waals surface area (Å²) in [6.07, 6.45) is 4.41. The van der Waals surface area contributed by atoms with Crippen molar-refractivity contribution in [2.75, 3.05) is 0 Å². The number of aromatic nitrogens is 1. The monoisotopic (exact) mass is 377 g/mol. The van der Waals surface area contributed by atoms with Crippen molar-refractivity contribution in [1.29, 1.82) is 0 Å². The second kappa shape index (κ2) is 6.98. The molecule has 0 saturated heterocycles. The molecule has 1 aliphatic rings. The molecule has 1 atom stereocenters. The number of benzene rings is 1. The first-order chi connectivity index (χ1) is 11.9. The smallest absolute Gasteiger partial charge is 0.159 e. The fraction of sp³-hybridized carbons (Fsp3) is 0.111. The topological polar surface area (TPSA) is 51.3 Å². The Morgan fingerprint density at radius 1 is 1.32 bits per heavy atom. The average Bonchev–Trinajstić information content (AvgIpc) is 2.57. The Kier molecular flexibility index (Phi) is 4.92. The van der Waals surface area contributed by atoms with E-state index >= 15 is 0 Å². The molecular weight excluding hydrogens is 364 g/mol. The van der Waals surface area contributed by atoms with Crippen molar-refractivity contribution in [2.24, 2.45) is 10.7 Å². The van der Waals surface area contributed by atoms with Gasteiger partial charge in [-0.25, -0.2) is 13.8 Å². The number of hydrogen-bond donors (Lipinski definition) is 1. The van der Waals surface area contributed by atoms with Gasteiger partial charge in [-0.15, -0.1) is 0 Å². The molecule has 1 aromatic heterocycles. The molecule has 1 aromatic carbocycles. The summed E-state index contributed by atoms with van der Waals surface area (Å²) < 4.78 is 28.7. The van der Waals surface area contributed by atoms with E-state index in [9.17, 15) is 8.78 Å². The summed E-state index contributed by atoms with van der Waals surface area (Å²) in [5.41, 5.74) is 5.78. The van der Waals surface area contributed by atoms with Crippen molar-refractivity contribution in [3.05, 3.63) is 75.7 Å². The third kappa shape index (κ3) is 3.91. The van der Waals surface area contributed by atoms with Gasteiger partial charge in [-0.1, -0.05) is 29.4 Å². The maximum Gasteiger partial charge on any atom is 0.159 e. The fourth-order valence-corrected chi connectivity index (χ4v) is 3.26. The molecule has 0 unspecified atom stereocenters. The standard InChI is InChI=1S/C18H14ClF2N3S/c1-18(6-7-25-17(22)24-18)13-8-11(2-4-14(13)20)9-15(21)16-5-3-12(19)10-23-16/h2-10H,1H3,(H2,22,24)/b15-9-/t18-/m0/s1. The van der Waals surface area contributed by atoms with Crippen molar-refractivity contribution >= 4 is 40.4 Å². The van der Waals surface area contributed by atoms with Crippen LogP contribution in [-0.4, -0.2) is 10.2 Å². The van der Waals surface area contributed by atoms with Crippen LogP contribution in [0.15, 0.2) is 53.0 Å². The van der Waals surface area contributed by atoms with E-state index in [0.29, 0.717) is 21.3 Å². The van der Waals surface area contributed by atoms with Gasteiger partial charge in [-0.3, -0.25) is 4.98 Å². The van der Waals surface area contributed by atoms with Gasteiger partial charge in [-0.05, 0) is 54.3 Å². The van der Waals surface area contributed by atoms with Gasteiger partial charge in [0, 0.05) is 11.8 Å². The molecule has 7 heteroatoms. The Hall–Kier alpha value is -2.18. The van der Waals surface area contributed by atoms with E-state index in [4.69, 9.17) is 17.3 Å². The highest BCUT2D eigenvalue weighted by molar-refractivity contribution is 8.16. The van der Waals surface area contributed by atoms with E-state index < -0.39 is 17.2 Å². The second-order valence-electron chi connectivity index (χ2n) is 5.61. The van der Waals surface area contributed by atoms with E-state index in [1.165, 1.54) is 42.2 Å². The van der Waals surface area contributed by atoms with Gasteiger partial charge in [0.15, 0.2) is 5.17 Å². The average molecular weight is 378 g/mol. The molecule has 2 N–H and O–H groups in total. The molecule has 0 saturated carbocycles. The van der Waals surface area contributed by atoms with Crippen LogP contribution in [0, 0.1) is 5.82 Å². The van der Waals surface area contributed by atoms with Crippen molar-refractivity contribution in [1.82, 2.24) is 4.98 Å². The van der Waals surface area contributed by atoms with Crippen molar-refractivity contribution in [3.63, 3.8) is 0 Å². The molecule has 0 fully saturated rings. The number of aliphatic imine (C=N–C) groups is 1. The molecule has 25 heavy (non-hydrogen) atoms. The van der Waals surface area contributed by atoms with Crippen LogP contribution in [0.1, 0.15) is 23.7 Å². The lowest BCUT2D eigenvalue weighted by Crippen LogP contribution is -2.24. The molecule has 0 aliphatic carbocycles. The zero-order valence-corrected chi connectivity index (χ0v) is 14.8. The van der Waals surface area contributed by atoms with Gasteiger partial charge in [0.05, 0.1) is 10.7 Å². The van der Waals surface area contributed by atoms with Crippen LogP contribution in [0.3, 0.4) is 0 Å². The first-order valence-electron chi connectivity index (χ1n) is 7.36. The summed E-state index contributed by atoms with van der Waals surface area (Å²) >= 11 is 7.02. The molecule has 2 aromatic rings. The number of halogens is 3. The van der Waals surface area contributed by atoms with E-state index in [0.717, 1.165) is 0 Å². The summed E-state index contributed by atoms with van der Waals surface area (Å²) in [6.45, 7) is 1.75. The molecule has 3 rings (SSSR count). The van der Waals surface area contributed by atoms with Crippen LogP contribution in [0.2, 0.25) is 5.02 Å². The quantitative estimate of drug-likeness (QED) is 0.806. The lowest BCUT2D eigenvalue weighted by molar-refractivity contribution is 0.545. The van der Waals surface area contributed by atoms with Crippen LogP contribution in [0.4, 0.5) is 8.78 Å². The summed E-state index contributed by atoms with van der Waals surface area (Å²) in [5, 5.41) is 2.54. The van der Waals surface area contributed by atoms with Crippen LogP contribution in [-0.2, 0) is 5.54 Å². The van der Waals surface area contributed by atoms with Gasteiger partial charge in [-0.2, -0.15) is 0 Å². The van der Waals surface area contributed by atoms with Crippen LogP contribution in [0.5, 0.6) is 0 Å². The Morgan fingerprint density at radius 3 is 2.80 bits per heavy atom. The minimum absolute atomic E-state index is 0.151. The van der Waals surface area contributed by atoms with Crippen LogP contribution >= 0.6 is 23.4 Å². The van der Waals surface area contributed by atoms with Crippen molar-refractivity contribution in [3.8, 4) is 0 Å². The van der Waals surface area contributed by atoms with Gasteiger partial charge >= 0.3 is 0 Å². The van der Waals surface area contributed by atoms with Crippen LogP contribution in [0.25, 0.3) is 11.9 Å². The maximum absolute atomic E-state index is 14.4. The molecule has 1 aliphatic heterocycles. The van der Waals surface area contributed by atoms with Gasteiger partial charge in [0.1, 0.15) is 17.2 Å². The SMILES string of the molecule is C[C@@]1(c2cc(/C=C(\F)c3ccc(Cl)cn3)ccc2F)C=CSC(N)=N1. The largest absolute Gasteiger partial charge is 0.378 e. The van der Waals surface area contributed by atoms with Gasteiger partial charge in [0.25, 0.3) is 0 Å². The molecule has 0 amide bonds. The summed E-state index contributed by atoms with van der Waals surface area (Å²) in [5.74, 6) is -0.977. The summed E-state index contributed by atoms with van der Waals surface area (Å²) in [7, 11) is 0. The maximum atomic E-state index is 14.4. The minimum atomic E-state index is -0.932. The number of thioether (sulfide) groups is 1. The Morgan fingerprint density at radius 2 is 2.12 bits per heavy atom. The fourth-order valence-electron chi connectivity index (χ4n) is 2.44. The highest BCUT2D eigenvalue weighted by atomic mass is 35.5. The molecule has 0 spiro atoms. The van der Waals surface area contributed by atoms with E-state index in [1.54, 1.807) is 30.5 Å². The van der Waals surface area contributed by atoms with E-state index in [2.05, 4.69) is 9.98 Å². The number of pyridine rings is 1. The van der Waals surface area contributed by atoms with Gasteiger partial charge < -0.3 is 5.73 Å². The molecule has 3 nitrogen and oxygen atoms in total. The molecule has 128 valence electrons. The van der Waals surface area contributed by atoms with Crippen molar-refractivity contribution < 1.29 is 8.78 Å². The zero-order chi connectivity index (χ0) is 18.0. The van der Waals surface area contributed by atoms with Crippen molar-refractivity contribution in [2.45, 2.75) is 12.5 Å². The second-order valence-corrected chi connectivity index (χ2v) is 6.97. The Bertz CT molecular complexity index is 894. The predicted molar refractivity (Wildman–Crippen MR) is 100 cm³/mol. The lowest BCUT2D eigenvalue weighted by atomic mass is 9.90.